The van der Waals surface area contributed by atoms with Gasteiger partial charge in [-0.05, 0) is 6.42 Å². The molecule has 0 aromatic carbocycles. The van der Waals surface area contributed by atoms with Gasteiger partial charge in [0.2, 0.25) is 0 Å². The summed E-state index contributed by atoms with van der Waals surface area (Å²) in [5.74, 6) is 2.65. The summed E-state index contributed by atoms with van der Waals surface area (Å²) in [7, 11) is 0. The highest BCUT2D eigenvalue weighted by molar-refractivity contribution is 4.89. The summed E-state index contributed by atoms with van der Waals surface area (Å²) >= 11 is 0. The minimum absolute atomic E-state index is 0.256. The second-order valence-corrected chi connectivity index (χ2v) is 3.79. The third-order valence-corrected chi connectivity index (χ3v) is 2.69. The normalized spacial score (nSPS) is 21.8. The number of nitrogens with zero attached hydrogens (tertiary/aromatic N) is 2. The first-order valence-corrected chi connectivity index (χ1v) is 5.36. The molecule has 0 saturated carbocycles. The average Bonchev–Trinajstić information content (AvgIpc) is 2.20. The van der Waals surface area contributed by atoms with Gasteiger partial charge in [-0.1, -0.05) is 19.3 Å². The third kappa shape index (κ3) is 3.30. The van der Waals surface area contributed by atoms with E-state index in [1.807, 2.05) is 0 Å². The molecule has 3 heteroatoms. The first-order chi connectivity index (χ1) is 6.77. The van der Waals surface area contributed by atoms with Crippen molar-refractivity contribution in [3.8, 4) is 12.3 Å². The molecule has 0 aromatic rings. The van der Waals surface area contributed by atoms with E-state index in [9.17, 15) is 5.11 Å². The molecule has 1 saturated heterocycles. The fourth-order valence-corrected chi connectivity index (χ4v) is 1.79. The molecule has 0 aromatic heterocycles. The zero-order chi connectivity index (χ0) is 10.4. The van der Waals surface area contributed by atoms with Crippen LogP contribution in [-0.4, -0.2) is 53.9 Å². The van der Waals surface area contributed by atoms with Crippen LogP contribution < -0.4 is 0 Å². The van der Waals surface area contributed by atoms with Gasteiger partial charge in [0.25, 0.3) is 0 Å². The lowest BCUT2D eigenvalue weighted by Crippen LogP contribution is -2.50. The van der Waals surface area contributed by atoms with Gasteiger partial charge < -0.3 is 5.11 Å². The van der Waals surface area contributed by atoms with E-state index in [1.165, 1.54) is 0 Å². The van der Waals surface area contributed by atoms with Crippen LogP contribution >= 0.6 is 0 Å². The highest BCUT2D eigenvalue weighted by Crippen LogP contribution is 2.08. The maximum absolute atomic E-state index is 9.76. The van der Waals surface area contributed by atoms with Crippen molar-refractivity contribution in [2.24, 2.45) is 0 Å². The van der Waals surface area contributed by atoms with Crippen LogP contribution in [0.1, 0.15) is 19.8 Å². The van der Waals surface area contributed by atoms with Crippen LogP contribution in [0.3, 0.4) is 0 Å². The smallest absolute Gasteiger partial charge is 0.107 e. The maximum atomic E-state index is 9.76. The molecule has 1 N–H and O–H groups in total. The minimum Gasteiger partial charge on any atom is -0.378 e. The first kappa shape index (κ1) is 11.5. The quantitative estimate of drug-likeness (QED) is 0.658. The highest BCUT2D eigenvalue weighted by Gasteiger charge is 2.20. The van der Waals surface area contributed by atoms with Crippen molar-refractivity contribution in [1.82, 2.24) is 9.80 Å². The summed E-state index contributed by atoms with van der Waals surface area (Å²) < 4.78 is 0. The Kier molecular flexibility index (Phi) is 4.95. The maximum Gasteiger partial charge on any atom is 0.107 e. The molecule has 1 heterocycles. The van der Waals surface area contributed by atoms with E-state index in [0.717, 1.165) is 45.6 Å². The average molecular weight is 196 g/mol. The van der Waals surface area contributed by atoms with Gasteiger partial charge in [0.15, 0.2) is 0 Å². The van der Waals surface area contributed by atoms with Gasteiger partial charge in [-0.25, -0.2) is 0 Å². The number of aliphatic hydroxyl groups excluding tert-OH is 1. The number of hydrogen-bond acceptors (Lipinski definition) is 3. The Morgan fingerprint density at radius 1 is 1.36 bits per heavy atom. The van der Waals surface area contributed by atoms with Gasteiger partial charge in [0, 0.05) is 26.2 Å². The van der Waals surface area contributed by atoms with Gasteiger partial charge in [-0.2, -0.15) is 0 Å². The predicted octanol–water partition coefficient (Wildman–Crippen LogP) is 0.356. The van der Waals surface area contributed by atoms with Crippen LogP contribution in [0, 0.1) is 12.3 Å². The van der Waals surface area contributed by atoms with Crippen molar-refractivity contribution < 1.29 is 5.11 Å². The van der Waals surface area contributed by atoms with Gasteiger partial charge in [-0.3, -0.25) is 9.80 Å². The van der Waals surface area contributed by atoms with Crippen LogP contribution in [0.4, 0.5) is 0 Å². The van der Waals surface area contributed by atoms with Crippen molar-refractivity contribution in [2.45, 2.75) is 26.0 Å². The number of terminal acetylenes is 1. The van der Waals surface area contributed by atoms with Gasteiger partial charge in [-0.15, -0.1) is 6.42 Å². The van der Waals surface area contributed by atoms with Crippen LogP contribution in [0.25, 0.3) is 0 Å². The molecule has 1 aliphatic rings. The van der Waals surface area contributed by atoms with E-state index >= 15 is 0 Å². The zero-order valence-electron chi connectivity index (χ0n) is 8.95. The molecule has 80 valence electrons. The molecular formula is C11H20N2O. The topological polar surface area (TPSA) is 26.7 Å². The Labute approximate surface area is 86.7 Å². The lowest BCUT2D eigenvalue weighted by atomic mass is 10.2. The standard InChI is InChI=1S/C11H20N2O/c1-3-5-11(14)13-9-7-12(6-4-2)8-10-13/h2,11,14H,3,5-10H2,1H3. The van der Waals surface area contributed by atoms with E-state index in [1.54, 1.807) is 0 Å². The predicted molar refractivity (Wildman–Crippen MR) is 57.8 cm³/mol. The lowest BCUT2D eigenvalue weighted by molar-refractivity contribution is -0.0280. The summed E-state index contributed by atoms with van der Waals surface area (Å²) in [6.07, 6.45) is 6.89. The summed E-state index contributed by atoms with van der Waals surface area (Å²) in [4.78, 5) is 4.38. The van der Waals surface area contributed by atoms with E-state index in [-0.39, 0.29) is 6.23 Å². The van der Waals surface area contributed by atoms with Crippen molar-refractivity contribution in [2.75, 3.05) is 32.7 Å². The Bertz CT molecular complexity index is 192. The Morgan fingerprint density at radius 3 is 2.50 bits per heavy atom. The molecule has 1 fully saturated rings. The van der Waals surface area contributed by atoms with Crippen LogP contribution in [-0.2, 0) is 0 Å². The van der Waals surface area contributed by atoms with Crippen molar-refractivity contribution in [1.29, 1.82) is 0 Å². The molecule has 0 radical (unpaired) electrons. The number of aliphatic hydroxyl groups is 1. The molecule has 1 unspecified atom stereocenters. The molecule has 1 aliphatic heterocycles. The van der Waals surface area contributed by atoms with Crippen LogP contribution in [0.5, 0.6) is 0 Å². The van der Waals surface area contributed by atoms with E-state index < -0.39 is 0 Å². The Hall–Kier alpha value is -0.560. The molecule has 0 bridgehead atoms. The molecule has 3 nitrogen and oxygen atoms in total. The monoisotopic (exact) mass is 196 g/mol. The van der Waals surface area contributed by atoms with Gasteiger partial charge in [0.05, 0.1) is 6.54 Å². The van der Waals surface area contributed by atoms with Crippen LogP contribution in [0.2, 0.25) is 0 Å². The zero-order valence-corrected chi connectivity index (χ0v) is 8.95. The van der Waals surface area contributed by atoms with Crippen molar-refractivity contribution in [3.05, 3.63) is 0 Å². The molecule has 0 aliphatic carbocycles. The molecule has 1 rings (SSSR count). The highest BCUT2D eigenvalue weighted by atomic mass is 16.3. The first-order valence-electron chi connectivity index (χ1n) is 5.36. The van der Waals surface area contributed by atoms with Crippen LogP contribution in [0.15, 0.2) is 0 Å². The Morgan fingerprint density at radius 2 is 2.00 bits per heavy atom. The summed E-state index contributed by atoms with van der Waals surface area (Å²) in [5, 5.41) is 9.76. The molecule has 1 atom stereocenters. The fourth-order valence-electron chi connectivity index (χ4n) is 1.79. The number of piperazine rings is 1. The largest absolute Gasteiger partial charge is 0.378 e. The van der Waals surface area contributed by atoms with E-state index in [4.69, 9.17) is 6.42 Å². The third-order valence-electron chi connectivity index (χ3n) is 2.69. The van der Waals surface area contributed by atoms with E-state index in [0.29, 0.717) is 0 Å². The number of rotatable bonds is 4. The SMILES string of the molecule is C#CCN1CCN(C(O)CCC)CC1. The molecule has 0 amide bonds. The minimum atomic E-state index is -0.256. The molecule has 14 heavy (non-hydrogen) atoms. The summed E-state index contributed by atoms with van der Waals surface area (Å²) in [6.45, 7) is 6.65. The molecular weight excluding hydrogens is 176 g/mol. The van der Waals surface area contributed by atoms with Gasteiger partial charge in [0.1, 0.15) is 6.23 Å². The van der Waals surface area contributed by atoms with Crippen molar-refractivity contribution in [3.63, 3.8) is 0 Å². The van der Waals surface area contributed by atoms with Crippen molar-refractivity contribution >= 4 is 0 Å². The summed E-state index contributed by atoms with van der Waals surface area (Å²) in [6, 6.07) is 0. The second-order valence-electron chi connectivity index (χ2n) is 3.79. The summed E-state index contributed by atoms with van der Waals surface area (Å²) in [5.41, 5.74) is 0. The van der Waals surface area contributed by atoms with Gasteiger partial charge >= 0.3 is 0 Å². The fraction of sp³-hybridized carbons (Fsp3) is 0.818. The Balaban J connectivity index is 2.25. The molecule has 0 spiro atoms. The second kappa shape index (κ2) is 6.02. The van der Waals surface area contributed by atoms with E-state index in [2.05, 4.69) is 22.6 Å². The lowest BCUT2D eigenvalue weighted by Gasteiger charge is -2.36. The number of hydrogen-bond donors (Lipinski definition) is 1.